The molecule has 3 rings (SSSR count). The predicted molar refractivity (Wildman–Crippen MR) is 114 cm³/mol. The first-order valence-electron chi connectivity index (χ1n) is 10.4. The lowest BCUT2D eigenvalue weighted by atomic mass is 10.1. The summed E-state index contributed by atoms with van der Waals surface area (Å²) in [6.45, 7) is 6.92. The van der Waals surface area contributed by atoms with Gasteiger partial charge in [0.1, 0.15) is 5.82 Å². The second-order valence-electron chi connectivity index (χ2n) is 7.59. The Labute approximate surface area is 176 Å². The van der Waals surface area contributed by atoms with Gasteiger partial charge in [0, 0.05) is 11.7 Å². The van der Waals surface area contributed by atoms with Crippen LogP contribution in [0.5, 0.6) is 0 Å². The Morgan fingerprint density at radius 2 is 1.93 bits per heavy atom. The molecule has 0 saturated carbocycles. The number of amides is 1. The van der Waals surface area contributed by atoms with Crippen molar-refractivity contribution in [3.05, 3.63) is 35.9 Å². The average Bonchev–Trinajstić information content (AvgIpc) is 3.10. The minimum Gasteiger partial charge on any atom is -0.353 e. The molecule has 1 fully saturated rings. The topological polar surface area (TPSA) is 63.1 Å². The fourth-order valence-electron chi connectivity index (χ4n) is 3.61. The summed E-state index contributed by atoms with van der Waals surface area (Å²) in [6.07, 6.45) is 5.66. The van der Waals surface area contributed by atoms with E-state index in [1.807, 2.05) is 11.5 Å². The highest BCUT2D eigenvalue weighted by Gasteiger charge is 2.20. The number of benzene rings is 1. The summed E-state index contributed by atoms with van der Waals surface area (Å²) >= 11 is 1.36. The van der Waals surface area contributed by atoms with Gasteiger partial charge in [-0.1, -0.05) is 31.5 Å². The van der Waals surface area contributed by atoms with Crippen LogP contribution in [0.1, 0.15) is 51.8 Å². The van der Waals surface area contributed by atoms with E-state index in [0.717, 1.165) is 37.4 Å². The van der Waals surface area contributed by atoms with Crippen LogP contribution < -0.4 is 5.32 Å². The standard InChI is InChI=1S/C21H30FN5OS/c1-3-7-16(2)23-20(28)15-29-21-25-24-19(14-26-12-5-4-6-13-26)27(21)18-10-8-17(22)9-11-18/h8-11,16H,3-7,12-15H2,1-2H3,(H,23,28). The lowest BCUT2D eigenvalue weighted by Gasteiger charge is -2.26. The number of hydrogen-bond acceptors (Lipinski definition) is 5. The monoisotopic (exact) mass is 419 g/mol. The highest BCUT2D eigenvalue weighted by atomic mass is 32.2. The van der Waals surface area contributed by atoms with Crippen molar-refractivity contribution in [2.24, 2.45) is 0 Å². The first kappa shape index (κ1) is 21.8. The van der Waals surface area contributed by atoms with Gasteiger partial charge in [-0.2, -0.15) is 0 Å². The average molecular weight is 420 g/mol. The Balaban J connectivity index is 1.75. The molecule has 1 atom stereocenters. The zero-order chi connectivity index (χ0) is 20.6. The van der Waals surface area contributed by atoms with Crippen LogP contribution in [-0.2, 0) is 11.3 Å². The van der Waals surface area contributed by atoms with E-state index in [1.54, 1.807) is 12.1 Å². The lowest BCUT2D eigenvalue weighted by molar-refractivity contribution is -0.119. The zero-order valence-corrected chi connectivity index (χ0v) is 18.1. The quantitative estimate of drug-likeness (QED) is 0.627. The fraction of sp³-hybridized carbons (Fsp3) is 0.571. The number of carbonyl (C=O) groups is 1. The molecule has 1 aromatic heterocycles. The van der Waals surface area contributed by atoms with Crippen LogP contribution in [-0.4, -0.2) is 50.5 Å². The second-order valence-corrected chi connectivity index (χ2v) is 8.54. The van der Waals surface area contributed by atoms with Crippen molar-refractivity contribution >= 4 is 17.7 Å². The van der Waals surface area contributed by atoms with Crippen LogP contribution >= 0.6 is 11.8 Å². The van der Waals surface area contributed by atoms with Crippen molar-refractivity contribution in [3.63, 3.8) is 0 Å². The largest absolute Gasteiger partial charge is 0.353 e. The number of halogens is 1. The second kappa shape index (κ2) is 10.7. The van der Waals surface area contributed by atoms with Gasteiger partial charge in [-0.25, -0.2) is 4.39 Å². The molecule has 1 N–H and O–H groups in total. The van der Waals surface area contributed by atoms with Gasteiger partial charge in [-0.3, -0.25) is 14.3 Å². The summed E-state index contributed by atoms with van der Waals surface area (Å²) in [7, 11) is 0. The normalized spacial score (nSPS) is 16.0. The molecule has 29 heavy (non-hydrogen) atoms. The zero-order valence-electron chi connectivity index (χ0n) is 17.2. The third-order valence-electron chi connectivity index (χ3n) is 5.06. The molecule has 1 aliphatic rings. The van der Waals surface area contributed by atoms with Gasteiger partial charge in [0.25, 0.3) is 0 Å². The maximum absolute atomic E-state index is 13.4. The predicted octanol–water partition coefficient (Wildman–Crippen LogP) is 3.79. The van der Waals surface area contributed by atoms with E-state index < -0.39 is 0 Å². The van der Waals surface area contributed by atoms with Crippen molar-refractivity contribution < 1.29 is 9.18 Å². The van der Waals surface area contributed by atoms with E-state index in [0.29, 0.717) is 11.7 Å². The Kier molecular flexibility index (Phi) is 8.06. The molecule has 1 aromatic carbocycles. The number of carbonyl (C=O) groups excluding carboxylic acids is 1. The molecule has 1 saturated heterocycles. The van der Waals surface area contributed by atoms with E-state index in [9.17, 15) is 9.18 Å². The molecule has 158 valence electrons. The van der Waals surface area contributed by atoms with Crippen LogP contribution in [0, 0.1) is 5.82 Å². The summed E-state index contributed by atoms with van der Waals surface area (Å²) in [5.41, 5.74) is 0.811. The van der Waals surface area contributed by atoms with Gasteiger partial charge in [0.05, 0.1) is 12.3 Å². The van der Waals surface area contributed by atoms with Crippen molar-refractivity contribution in [1.29, 1.82) is 0 Å². The summed E-state index contributed by atoms with van der Waals surface area (Å²) in [5, 5.41) is 12.4. The number of likely N-dealkylation sites (tertiary alicyclic amines) is 1. The number of piperidine rings is 1. The third-order valence-corrected chi connectivity index (χ3v) is 5.99. The first-order valence-corrected chi connectivity index (χ1v) is 11.4. The van der Waals surface area contributed by atoms with Crippen LogP contribution in [0.15, 0.2) is 29.4 Å². The Morgan fingerprint density at radius 1 is 1.21 bits per heavy atom. The molecule has 8 heteroatoms. The van der Waals surface area contributed by atoms with Crippen LogP contribution in [0.2, 0.25) is 0 Å². The molecule has 1 unspecified atom stereocenters. The number of thioether (sulfide) groups is 1. The van der Waals surface area contributed by atoms with Crippen LogP contribution in [0.4, 0.5) is 4.39 Å². The molecule has 0 bridgehead atoms. The van der Waals surface area contributed by atoms with Crippen molar-refractivity contribution in [2.45, 2.75) is 63.7 Å². The number of aromatic nitrogens is 3. The van der Waals surface area contributed by atoms with Gasteiger partial charge in [-0.15, -0.1) is 10.2 Å². The minimum atomic E-state index is -0.280. The third kappa shape index (κ3) is 6.27. The molecule has 0 aliphatic carbocycles. The summed E-state index contributed by atoms with van der Waals surface area (Å²) in [5.74, 6) is 0.803. The van der Waals surface area contributed by atoms with Gasteiger partial charge < -0.3 is 5.32 Å². The van der Waals surface area contributed by atoms with Crippen LogP contribution in [0.3, 0.4) is 0 Å². The summed E-state index contributed by atoms with van der Waals surface area (Å²) in [6, 6.07) is 6.50. The lowest BCUT2D eigenvalue weighted by Crippen LogP contribution is -2.33. The SMILES string of the molecule is CCCC(C)NC(=O)CSc1nnc(CN2CCCCC2)n1-c1ccc(F)cc1. The molecule has 0 spiro atoms. The maximum atomic E-state index is 13.4. The molecular formula is C21H30FN5OS. The van der Waals surface area contributed by atoms with Gasteiger partial charge >= 0.3 is 0 Å². The first-order chi connectivity index (χ1) is 14.1. The van der Waals surface area contributed by atoms with Crippen molar-refractivity contribution in [1.82, 2.24) is 25.0 Å². The van der Waals surface area contributed by atoms with E-state index in [1.165, 1.54) is 43.2 Å². The number of nitrogens with one attached hydrogen (secondary N) is 1. The molecule has 2 heterocycles. The number of hydrogen-bond donors (Lipinski definition) is 1. The molecule has 6 nitrogen and oxygen atoms in total. The van der Waals surface area contributed by atoms with Crippen LogP contribution in [0.25, 0.3) is 5.69 Å². The highest BCUT2D eigenvalue weighted by molar-refractivity contribution is 7.99. The number of nitrogens with zero attached hydrogens (tertiary/aromatic N) is 4. The molecular weight excluding hydrogens is 389 g/mol. The summed E-state index contributed by atoms with van der Waals surface area (Å²) < 4.78 is 15.4. The smallest absolute Gasteiger partial charge is 0.230 e. The molecule has 2 aromatic rings. The van der Waals surface area contributed by atoms with Gasteiger partial charge in [0.2, 0.25) is 5.91 Å². The van der Waals surface area contributed by atoms with E-state index >= 15 is 0 Å². The van der Waals surface area contributed by atoms with Crippen molar-refractivity contribution in [2.75, 3.05) is 18.8 Å². The Hall–Kier alpha value is -1.93. The van der Waals surface area contributed by atoms with E-state index in [-0.39, 0.29) is 23.5 Å². The Bertz CT molecular complexity index is 789. The summed E-state index contributed by atoms with van der Waals surface area (Å²) in [4.78, 5) is 14.6. The molecule has 1 aliphatic heterocycles. The van der Waals surface area contributed by atoms with Gasteiger partial charge in [-0.05, 0) is 63.5 Å². The minimum absolute atomic E-state index is 0.0119. The highest BCUT2D eigenvalue weighted by Crippen LogP contribution is 2.24. The molecule has 0 radical (unpaired) electrons. The Morgan fingerprint density at radius 3 is 2.62 bits per heavy atom. The van der Waals surface area contributed by atoms with Gasteiger partial charge in [0.15, 0.2) is 11.0 Å². The van der Waals surface area contributed by atoms with E-state index in [2.05, 4.69) is 27.3 Å². The van der Waals surface area contributed by atoms with Crippen molar-refractivity contribution in [3.8, 4) is 5.69 Å². The molecule has 1 amide bonds. The van der Waals surface area contributed by atoms with E-state index in [4.69, 9.17) is 0 Å². The number of rotatable bonds is 9. The maximum Gasteiger partial charge on any atom is 0.230 e. The fourth-order valence-corrected chi connectivity index (χ4v) is 4.40.